The summed E-state index contributed by atoms with van der Waals surface area (Å²) in [6.45, 7) is 3.76. The number of likely N-dealkylation sites (N-methyl/N-ethyl adjacent to an activating group) is 1. The first-order valence-corrected chi connectivity index (χ1v) is 10.8. The highest BCUT2D eigenvalue weighted by Gasteiger charge is 2.23. The lowest BCUT2D eigenvalue weighted by molar-refractivity contribution is 0.102. The minimum absolute atomic E-state index is 0.275. The molecule has 1 aromatic carbocycles. The SMILES string of the molecule is COc1cc(OC)cc(C(=O)Nc2nc(-c3ccccn3)c(N3CCN(C)CC3)s2)c1. The van der Waals surface area contributed by atoms with Crippen LogP contribution in [0.2, 0.25) is 0 Å². The minimum Gasteiger partial charge on any atom is -0.497 e. The molecule has 162 valence electrons. The Bertz CT molecular complexity index is 1030. The van der Waals surface area contributed by atoms with Crippen LogP contribution in [0.1, 0.15) is 10.4 Å². The molecule has 1 aliphatic heterocycles. The van der Waals surface area contributed by atoms with Gasteiger partial charge in [0.25, 0.3) is 5.91 Å². The van der Waals surface area contributed by atoms with Gasteiger partial charge in [-0.15, -0.1) is 0 Å². The average Bonchev–Trinajstić information content (AvgIpc) is 3.23. The van der Waals surface area contributed by atoms with Gasteiger partial charge in [-0.3, -0.25) is 15.1 Å². The molecule has 1 saturated heterocycles. The molecule has 0 bridgehead atoms. The van der Waals surface area contributed by atoms with Gasteiger partial charge in [-0.05, 0) is 31.3 Å². The van der Waals surface area contributed by atoms with E-state index in [0.29, 0.717) is 22.2 Å². The number of aromatic nitrogens is 2. The molecule has 2 aromatic heterocycles. The Morgan fingerprint density at radius 2 is 1.77 bits per heavy atom. The number of methoxy groups -OCH3 is 2. The molecule has 0 atom stereocenters. The summed E-state index contributed by atoms with van der Waals surface area (Å²) in [7, 11) is 5.23. The number of ether oxygens (including phenoxy) is 2. The number of nitrogens with one attached hydrogen (secondary N) is 1. The quantitative estimate of drug-likeness (QED) is 0.632. The van der Waals surface area contributed by atoms with Gasteiger partial charge in [-0.1, -0.05) is 17.4 Å². The normalized spacial score (nSPS) is 14.4. The van der Waals surface area contributed by atoms with Crippen LogP contribution in [0.5, 0.6) is 11.5 Å². The van der Waals surface area contributed by atoms with Gasteiger partial charge in [0.2, 0.25) is 0 Å². The number of carbonyl (C=O) groups is 1. The Kier molecular flexibility index (Phi) is 6.34. The standard InChI is InChI=1S/C22H25N5O3S/c1-26-8-10-27(11-9-26)21-19(18-6-4-5-7-23-18)24-22(31-21)25-20(28)15-12-16(29-2)14-17(13-15)30-3/h4-7,12-14H,8-11H2,1-3H3,(H,24,25,28). The number of thiazole rings is 1. The predicted molar refractivity (Wildman–Crippen MR) is 123 cm³/mol. The van der Waals surface area contributed by atoms with E-state index >= 15 is 0 Å². The zero-order valence-electron chi connectivity index (χ0n) is 17.8. The molecule has 0 aliphatic carbocycles. The number of benzene rings is 1. The van der Waals surface area contributed by atoms with Gasteiger partial charge in [0.1, 0.15) is 22.2 Å². The van der Waals surface area contributed by atoms with Crippen LogP contribution >= 0.6 is 11.3 Å². The molecular formula is C22H25N5O3S. The van der Waals surface area contributed by atoms with E-state index in [2.05, 4.69) is 27.1 Å². The third kappa shape index (κ3) is 4.78. The third-order valence-electron chi connectivity index (χ3n) is 5.14. The predicted octanol–water partition coefficient (Wildman–Crippen LogP) is 3.23. The Balaban J connectivity index is 1.64. The second-order valence-corrected chi connectivity index (χ2v) is 8.21. The first kappa shape index (κ1) is 21.1. The fraction of sp³-hybridized carbons (Fsp3) is 0.318. The number of hydrogen-bond acceptors (Lipinski definition) is 8. The number of hydrogen-bond donors (Lipinski definition) is 1. The smallest absolute Gasteiger partial charge is 0.257 e. The van der Waals surface area contributed by atoms with Crippen molar-refractivity contribution in [3.63, 3.8) is 0 Å². The van der Waals surface area contributed by atoms with Crippen molar-refractivity contribution in [1.82, 2.24) is 14.9 Å². The molecule has 1 aliphatic rings. The second kappa shape index (κ2) is 9.32. The summed E-state index contributed by atoms with van der Waals surface area (Å²) >= 11 is 1.47. The lowest BCUT2D eigenvalue weighted by Crippen LogP contribution is -2.44. The van der Waals surface area contributed by atoms with Crippen LogP contribution in [0, 0.1) is 0 Å². The zero-order chi connectivity index (χ0) is 21.8. The van der Waals surface area contributed by atoms with E-state index in [4.69, 9.17) is 14.5 Å². The molecule has 0 radical (unpaired) electrons. The van der Waals surface area contributed by atoms with Gasteiger partial charge >= 0.3 is 0 Å². The first-order chi connectivity index (χ1) is 15.1. The van der Waals surface area contributed by atoms with E-state index < -0.39 is 0 Å². The van der Waals surface area contributed by atoms with Crippen LogP contribution in [0.4, 0.5) is 10.1 Å². The zero-order valence-corrected chi connectivity index (χ0v) is 18.6. The number of rotatable bonds is 6. The van der Waals surface area contributed by atoms with E-state index in [1.807, 2.05) is 18.2 Å². The van der Waals surface area contributed by atoms with Crippen LogP contribution in [0.15, 0.2) is 42.6 Å². The Morgan fingerprint density at radius 1 is 1.06 bits per heavy atom. The molecule has 0 saturated carbocycles. The molecule has 3 heterocycles. The van der Waals surface area contributed by atoms with Crippen molar-refractivity contribution in [2.45, 2.75) is 0 Å². The number of anilines is 2. The van der Waals surface area contributed by atoms with E-state index in [1.54, 1.807) is 38.6 Å². The third-order valence-corrected chi connectivity index (χ3v) is 6.17. The summed E-state index contributed by atoms with van der Waals surface area (Å²) in [4.78, 5) is 26.8. The van der Waals surface area contributed by atoms with Crippen LogP contribution in [-0.4, -0.2) is 68.2 Å². The van der Waals surface area contributed by atoms with Crippen LogP contribution in [0.3, 0.4) is 0 Å². The minimum atomic E-state index is -0.275. The molecule has 8 nitrogen and oxygen atoms in total. The highest BCUT2D eigenvalue weighted by Crippen LogP contribution is 2.38. The number of amides is 1. The summed E-state index contributed by atoms with van der Waals surface area (Å²) in [6, 6.07) is 10.8. The van der Waals surface area contributed by atoms with Crippen molar-refractivity contribution in [3.8, 4) is 22.9 Å². The van der Waals surface area contributed by atoms with Gasteiger partial charge in [0, 0.05) is 44.0 Å². The maximum Gasteiger partial charge on any atom is 0.257 e. The van der Waals surface area contributed by atoms with Crippen molar-refractivity contribution >= 4 is 27.4 Å². The molecule has 1 fully saturated rings. The number of carbonyl (C=O) groups excluding carboxylic acids is 1. The summed E-state index contributed by atoms with van der Waals surface area (Å²) in [5, 5.41) is 4.48. The molecule has 1 N–H and O–H groups in total. The molecule has 0 unspecified atom stereocenters. The van der Waals surface area contributed by atoms with Crippen LogP contribution in [-0.2, 0) is 0 Å². The number of piperazine rings is 1. The van der Waals surface area contributed by atoms with Crippen molar-refractivity contribution in [2.24, 2.45) is 0 Å². The van der Waals surface area contributed by atoms with Crippen LogP contribution in [0.25, 0.3) is 11.4 Å². The Morgan fingerprint density at radius 3 is 2.39 bits per heavy atom. The first-order valence-electron chi connectivity index (χ1n) is 9.97. The van der Waals surface area contributed by atoms with Gasteiger partial charge in [0.05, 0.1) is 19.9 Å². The lowest BCUT2D eigenvalue weighted by Gasteiger charge is -2.33. The summed E-state index contributed by atoms with van der Waals surface area (Å²) in [6.07, 6.45) is 1.75. The largest absolute Gasteiger partial charge is 0.497 e. The molecular weight excluding hydrogens is 414 g/mol. The van der Waals surface area contributed by atoms with Gasteiger partial charge < -0.3 is 19.3 Å². The molecule has 3 aromatic rings. The van der Waals surface area contributed by atoms with Crippen molar-refractivity contribution < 1.29 is 14.3 Å². The molecule has 31 heavy (non-hydrogen) atoms. The molecule has 9 heteroatoms. The van der Waals surface area contributed by atoms with E-state index in [-0.39, 0.29) is 5.91 Å². The van der Waals surface area contributed by atoms with E-state index in [0.717, 1.165) is 42.6 Å². The molecule has 4 rings (SSSR count). The summed E-state index contributed by atoms with van der Waals surface area (Å²) in [5.74, 6) is 0.829. The van der Waals surface area contributed by atoms with Crippen molar-refractivity contribution in [3.05, 3.63) is 48.2 Å². The average molecular weight is 440 g/mol. The highest BCUT2D eigenvalue weighted by atomic mass is 32.1. The van der Waals surface area contributed by atoms with Crippen LogP contribution < -0.4 is 19.7 Å². The van der Waals surface area contributed by atoms with E-state index in [1.165, 1.54) is 11.3 Å². The molecule has 1 amide bonds. The fourth-order valence-electron chi connectivity index (χ4n) is 3.37. The Labute approximate surface area is 185 Å². The fourth-order valence-corrected chi connectivity index (χ4v) is 4.39. The summed E-state index contributed by atoms with van der Waals surface area (Å²) < 4.78 is 10.5. The lowest BCUT2D eigenvalue weighted by atomic mass is 10.2. The molecule has 0 spiro atoms. The maximum absolute atomic E-state index is 12.9. The van der Waals surface area contributed by atoms with Gasteiger partial charge in [0.15, 0.2) is 5.13 Å². The highest BCUT2D eigenvalue weighted by molar-refractivity contribution is 7.20. The second-order valence-electron chi connectivity index (χ2n) is 7.23. The number of pyridine rings is 1. The number of nitrogens with zero attached hydrogens (tertiary/aromatic N) is 4. The maximum atomic E-state index is 12.9. The van der Waals surface area contributed by atoms with Gasteiger partial charge in [-0.2, -0.15) is 0 Å². The topological polar surface area (TPSA) is 79.8 Å². The monoisotopic (exact) mass is 439 g/mol. The van der Waals surface area contributed by atoms with Crippen molar-refractivity contribution in [2.75, 3.05) is 57.7 Å². The van der Waals surface area contributed by atoms with E-state index in [9.17, 15) is 4.79 Å². The summed E-state index contributed by atoms with van der Waals surface area (Å²) in [5.41, 5.74) is 2.01. The Hall–Kier alpha value is -3.17. The van der Waals surface area contributed by atoms with Gasteiger partial charge in [-0.25, -0.2) is 4.98 Å². The van der Waals surface area contributed by atoms with Crippen molar-refractivity contribution in [1.29, 1.82) is 0 Å².